The molecule has 2 N–H and O–H groups in total. The molecule has 3 heterocycles. The molecule has 0 aromatic carbocycles. The SMILES string of the molecule is Cl.O=C(CCC(=O)N1CCc2sccc2C1)NCCC1CCNC1. The lowest BCUT2D eigenvalue weighted by molar-refractivity contribution is -0.134. The highest BCUT2D eigenvalue weighted by Crippen LogP contribution is 2.24. The van der Waals surface area contributed by atoms with Crippen molar-refractivity contribution < 1.29 is 9.59 Å². The second kappa shape index (κ2) is 9.39. The first-order valence-corrected chi connectivity index (χ1v) is 9.41. The monoisotopic (exact) mass is 371 g/mol. The summed E-state index contributed by atoms with van der Waals surface area (Å²) in [6.45, 7) is 4.36. The van der Waals surface area contributed by atoms with Crippen molar-refractivity contribution in [2.75, 3.05) is 26.2 Å². The first kappa shape index (κ1) is 19.2. The minimum Gasteiger partial charge on any atom is -0.356 e. The van der Waals surface area contributed by atoms with Crippen LogP contribution < -0.4 is 10.6 Å². The zero-order valence-electron chi connectivity index (χ0n) is 13.9. The third-order valence-electron chi connectivity index (χ3n) is 4.76. The minimum atomic E-state index is -0.00228. The van der Waals surface area contributed by atoms with E-state index in [9.17, 15) is 9.59 Å². The molecule has 24 heavy (non-hydrogen) atoms. The molecule has 0 spiro atoms. The summed E-state index contributed by atoms with van der Waals surface area (Å²) in [6.07, 6.45) is 3.79. The Balaban J connectivity index is 0.00000208. The predicted molar refractivity (Wildman–Crippen MR) is 98.5 cm³/mol. The highest BCUT2D eigenvalue weighted by Gasteiger charge is 2.21. The first-order chi connectivity index (χ1) is 11.2. The van der Waals surface area contributed by atoms with Gasteiger partial charge in [0.05, 0.1) is 0 Å². The van der Waals surface area contributed by atoms with Gasteiger partial charge in [0.15, 0.2) is 0 Å². The van der Waals surface area contributed by atoms with E-state index >= 15 is 0 Å². The molecule has 3 rings (SSSR count). The molecule has 1 atom stereocenters. The second-order valence-electron chi connectivity index (χ2n) is 6.43. The van der Waals surface area contributed by atoms with Gasteiger partial charge < -0.3 is 15.5 Å². The summed E-state index contributed by atoms with van der Waals surface area (Å²) in [4.78, 5) is 27.4. The Kier molecular flexibility index (Phi) is 7.52. The molecule has 1 saturated heterocycles. The van der Waals surface area contributed by atoms with Crippen LogP contribution in [0.4, 0.5) is 0 Å². The molecule has 2 aliphatic heterocycles. The van der Waals surface area contributed by atoms with E-state index in [0.29, 0.717) is 25.3 Å². The Hall–Kier alpha value is -1.11. The number of nitrogens with one attached hydrogen (secondary N) is 2. The van der Waals surface area contributed by atoms with Crippen molar-refractivity contribution in [3.63, 3.8) is 0 Å². The molecule has 1 fully saturated rings. The molecule has 1 aromatic rings. The fourth-order valence-corrected chi connectivity index (χ4v) is 4.19. The normalized spacial score (nSPS) is 19.5. The van der Waals surface area contributed by atoms with Crippen LogP contribution >= 0.6 is 23.7 Å². The quantitative estimate of drug-likeness (QED) is 0.803. The van der Waals surface area contributed by atoms with Gasteiger partial charge in [0.1, 0.15) is 0 Å². The zero-order chi connectivity index (χ0) is 16.1. The van der Waals surface area contributed by atoms with E-state index in [0.717, 1.165) is 39.0 Å². The predicted octanol–water partition coefficient (Wildman–Crippen LogP) is 1.95. The molecule has 5 nitrogen and oxygen atoms in total. The molecule has 0 saturated carbocycles. The number of hydrogen-bond donors (Lipinski definition) is 2. The van der Waals surface area contributed by atoms with Crippen LogP contribution in [0.5, 0.6) is 0 Å². The number of thiophene rings is 1. The Morgan fingerprint density at radius 1 is 1.38 bits per heavy atom. The van der Waals surface area contributed by atoms with Crippen LogP contribution in [-0.4, -0.2) is 42.9 Å². The van der Waals surface area contributed by atoms with E-state index in [2.05, 4.69) is 22.1 Å². The average molecular weight is 372 g/mol. The van der Waals surface area contributed by atoms with E-state index in [-0.39, 0.29) is 24.2 Å². The number of rotatable bonds is 6. The van der Waals surface area contributed by atoms with Crippen molar-refractivity contribution in [2.24, 2.45) is 5.92 Å². The third-order valence-corrected chi connectivity index (χ3v) is 5.79. The second-order valence-corrected chi connectivity index (χ2v) is 7.43. The smallest absolute Gasteiger partial charge is 0.223 e. The first-order valence-electron chi connectivity index (χ1n) is 8.53. The highest BCUT2D eigenvalue weighted by atomic mass is 35.5. The molecule has 0 bridgehead atoms. The van der Waals surface area contributed by atoms with Gasteiger partial charge >= 0.3 is 0 Å². The van der Waals surface area contributed by atoms with Crippen molar-refractivity contribution in [1.82, 2.24) is 15.5 Å². The molecule has 0 radical (unpaired) electrons. The van der Waals surface area contributed by atoms with Crippen molar-refractivity contribution >= 4 is 35.6 Å². The van der Waals surface area contributed by atoms with E-state index < -0.39 is 0 Å². The molecule has 1 aromatic heterocycles. The fraction of sp³-hybridized carbons (Fsp3) is 0.647. The lowest BCUT2D eigenvalue weighted by Crippen LogP contribution is -2.36. The van der Waals surface area contributed by atoms with Gasteiger partial charge in [0.25, 0.3) is 0 Å². The number of nitrogens with zero attached hydrogens (tertiary/aromatic N) is 1. The van der Waals surface area contributed by atoms with E-state index in [1.807, 2.05) is 4.90 Å². The Morgan fingerprint density at radius 3 is 3.04 bits per heavy atom. The molecule has 0 aliphatic carbocycles. The number of carbonyl (C=O) groups is 2. The van der Waals surface area contributed by atoms with Crippen LogP contribution in [0.2, 0.25) is 0 Å². The molecule has 2 aliphatic rings. The molecular formula is C17H26ClN3O2S. The van der Waals surface area contributed by atoms with E-state index in [1.54, 1.807) is 11.3 Å². The fourth-order valence-electron chi connectivity index (χ4n) is 3.30. The summed E-state index contributed by atoms with van der Waals surface area (Å²) < 4.78 is 0. The maximum Gasteiger partial charge on any atom is 0.223 e. The van der Waals surface area contributed by atoms with E-state index in [1.165, 1.54) is 16.9 Å². The minimum absolute atomic E-state index is 0. The Morgan fingerprint density at radius 2 is 2.25 bits per heavy atom. The summed E-state index contributed by atoms with van der Waals surface area (Å²) in [5.74, 6) is 0.777. The van der Waals surface area contributed by atoms with Crippen molar-refractivity contribution in [2.45, 2.75) is 38.6 Å². The third kappa shape index (κ3) is 5.19. The highest BCUT2D eigenvalue weighted by molar-refractivity contribution is 7.10. The summed E-state index contributed by atoms with van der Waals surface area (Å²) in [5, 5.41) is 8.36. The van der Waals surface area contributed by atoms with Crippen molar-refractivity contribution in [3.8, 4) is 0 Å². The van der Waals surface area contributed by atoms with Crippen LogP contribution in [0.1, 0.15) is 36.1 Å². The maximum absolute atomic E-state index is 12.3. The van der Waals surface area contributed by atoms with Gasteiger partial charge in [-0.2, -0.15) is 0 Å². The topological polar surface area (TPSA) is 61.4 Å². The van der Waals surface area contributed by atoms with Gasteiger partial charge in [0, 0.05) is 37.4 Å². The summed E-state index contributed by atoms with van der Waals surface area (Å²) in [7, 11) is 0. The van der Waals surface area contributed by atoms with Crippen LogP contribution in [0.15, 0.2) is 11.4 Å². The number of fused-ring (bicyclic) bond motifs is 1. The number of halogens is 1. The molecule has 134 valence electrons. The average Bonchev–Trinajstić information content (AvgIpc) is 3.23. The van der Waals surface area contributed by atoms with Crippen LogP contribution in [0.3, 0.4) is 0 Å². The molecule has 1 unspecified atom stereocenters. The van der Waals surface area contributed by atoms with Crippen LogP contribution in [-0.2, 0) is 22.6 Å². The van der Waals surface area contributed by atoms with Crippen molar-refractivity contribution in [3.05, 3.63) is 21.9 Å². The number of amides is 2. The van der Waals surface area contributed by atoms with Crippen LogP contribution in [0.25, 0.3) is 0 Å². The maximum atomic E-state index is 12.3. The lowest BCUT2D eigenvalue weighted by Gasteiger charge is -2.27. The zero-order valence-corrected chi connectivity index (χ0v) is 15.5. The van der Waals surface area contributed by atoms with Gasteiger partial charge in [-0.3, -0.25) is 9.59 Å². The summed E-state index contributed by atoms with van der Waals surface area (Å²) in [5.41, 5.74) is 1.27. The van der Waals surface area contributed by atoms with Gasteiger partial charge in [-0.05, 0) is 55.3 Å². The van der Waals surface area contributed by atoms with Crippen LogP contribution in [0, 0.1) is 5.92 Å². The summed E-state index contributed by atoms with van der Waals surface area (Å²) >= 11 is 1.77. The molecular weight excluding hydrogens is 346 g/mol. The van der Waals surface area contributed by atoms with Gasteiger partial charge in [-0.15, -0.1) is 23.7 Å². The van der Waals surface area contributed by atoms with Gasteiger partial charge in [0.2, 0.25) is 11.8 Å². The Labute approximate surface area is 153 Å². The van der Waals surface area contributed by atoms with E-state index in [4.69, 9.17) is 0 Å². The summed E-state index contributed by atoms with van der Waals surface area (Å²) in [6, 6.07) is 2.10. The standard InChI is InChI=1S/C17H25N3O2S.ClH/c21-16(19-8-4-13-3-7-18-11-13)1-2-17(22)20-9-5-15-14(12-20)6-10-23-15;/h6,10,13,18H,1-5,7-9,11-12H2,(H,19,21);1H. The number of carbonyl (C=O) groups excluding carboxylic acids is 2. The molecule has 7 heteroatoms. The van der Waals surface area contributed by atoms with Gasteiger partial charge in [-0.25, -0.2) is 0 Å². The molecule has 2 amide bonds. The van der Waals surface area contributed by atoms with Crippen molar-refractivity contribution in [1.29, 1.82) is 0 Å². The largest absolute Gasteiger partial charge is 0.356 e. The van der Waals surface area contributed by atoms with Gasteiger partial charge in [-0.1, -0.05) is 0 Å². The number of hydrogen-bond acceptors (Lipinski definition) is 4. The lowest BCUT2D eigenvalue weighted by atomic mass is 10.1. The Bertz CT molecular complexity index is 558.